The lowest BCUT2D eigenvalue weighted by atomic mass is 9.92. The number of fused-ring (bicyclic) bond motifs is 2. The maximum atomic E-state index is 4.63. The van der Waals surface area contributed by atoms with E-state index >= 15 is 0 Å². The molecule has 1 aliphatic carbocycles. The molecule has 106 valence electrons. The van der Waals surface area contributed by atoms with Crippen molar-refractivity contribution in [2.45, 2.75) is 57.7 Å². The van der Waals surface area contributed by atoms with Crippen molar-refractivity contribution in [3.63, 3.8) is 0 Å². The Morgan fingerprint density at radius 1 is 1.30 bits per heavy atom. The summed E-state index contributed by atoms with van der Waals surface area (Å²) in [5.74, 6) is 2.03. The van der Waals surface area contributed by atoms with Crippen LogP contribution in [0.25, 0.3) is 0 Å². The first-order valence-electron chi connectivity index (χ1n) is 7.55. The van der Waals surface area contributed by atoms with Gasteiger partial charge in [-0.05, 0) is 56.0 Å². The van der Waals surface area contributed by atoms with E-state index in [2.05, 4.69) is 31.5 Å². The molecule has 0 spiro atoms. The van der Waals surface area contributed by atoms with Crippen molar-refractivity contribution in [2.75, 3.05) is 0 Å². The quantitative estimate of drug-likeness (QED) is 0.923. The smallest absolute Gasteiger partial charge is 0.147 e. The van der Waals surface area contributed by atoms with Gasteiger partial charge in [-0.3, -0.25) is 0 Å². The van der Waals surface area contributed by atoms with Crippen molar-refractivity contribution in [2.24, 2.45) is 0 Å². The fourth-order valence-electron chi connectivity index (χ4n) is 3.53. The summed E-state index contributed by atoms with van der Waals surface area (Å²) in [6.07, 6.45) is 6.16. The maximum absolute atomic E-state index is 4.63. The molecule has 3 heterocycles. The Kier molecular flexibility index (Phi) is 3.11. The van der Waals surface area contributed by atoms with E-state index in [1.807, 2.05) is 18.3 Å². The minimum Gasteiger partial charge on any atom is -0.300 e. The normalized spacial score (nSPS) is 25.2. The van der Waals surface area contributed by atoms with E-state index in [9.17, 15) is 0 Å². The number of aromatic nitrogens is 3. The number of nitrogens with zero attached hydrogens (tertiary/aromatic N) is 3. The van der Waals surface area contributed by atoms with Crippen LogP contribution in [0.4, 0.5) is 0 Å². The molecule has 4 rings (SSSR count). The van der Waals surface area contributed by atoms with E-state index in [4.69, 9.17) is 0 Å². The van der Waals surface area contributed by atoms with Crippen LogP contribution in [0.5, 0.6) is 0 Å². The van der Waals surface area contributed by atoms with Crippen LogP contribution in [-0.4, -0.2) is 14.8 Å². The van der Waals surface area contributed by atoms with Gasteiger partial charge in [0.1, 0.15) is 11.6 Å². The van der Waals surface area contributed by atoms with Crippen LogP contribution in [0.15, 0.2) is 11.4 Å². The lowest BCUT2D eigenvalue weighted by Gasteiger charge is -2.30. The van der Waals surface area contributed by atoms with Crippen LogP contribution in [-0.2, 0) is 13.0 Å². The standard InChI is InChI=1S/C15H20N4S/c1-10-16-15-13(5-3-8-19(15)18-10)17-12-4-2-6-14-11(12)7-9-20-14/h7,9,12-13,17H,2-6,8H2,1H3/t12-,13+/m1/s1. The van der Waals surface area contributed by atoms with E-state index in [0.29, 0.717) is 12.1 Å². The first-order valence-corrected chi connectivity index (χ1v) is 8.43. The van der Waals surface area contributed by atoms with Gasteiger partial charge in [-0.25, -0.2) is 9.67 Å². The number of aryl methyl sites for hydroxylation is 3. The Bertz CT molecular complexity index is 615. The lowest BCUT2D eigenvalue weighted by molar-refractivity contribution is 0.321. The van der Waals surface area contributed by atoms with Crippen molar-refractivity contribution >= 4 is 11.3 Å². The molecule has 2 aliphatic rings. The molecule has 0 fully saturated rings. The summed E-state index contributed by atoms with van der Waals surface area (Å²) in [5.41, 5.74) is 1.52. The van der Waals surface area contributed by atoms with E-state index < -0.39 is 0 Å². The minimum absolute atomic E-state index is 0.362. The van der Waals surface area contributed by atoms with Gasteiger partial charge < -0.3 is 5.32 Å². The highest BCUT2D eigenvalue weighted by Gasteiger charge is 2.28. The molecular weight excluding hydrogens is 268 g/mol. The molecule has 0 saturated carbocycles. The summed E-state index contributed by atoms with van der Waals surface area (Å²) in [7, 11) is 0. The van der Waals surface area contributed by atoms with Crippen LogP contribution in [0.1, 0.15) is 59.9 Å². The average molecular weight is 288 g/mol. The molecule has 2 aromatic rings. The molecule has 0 amide bonds. The van der Waals surface area contributed by atoms with Gasteiger partial charge in [0.15, 0.2) is 0 Å². The van der Waals surface area contributed by atoms with Crippen LogP contribution in [0, 0.1) is 6.92 Å². The Labute approximate surface area is 123 Å². The lowest BCUT2D eigenvalue weighted by Crippen LogP contribution is -2.33. The highest BCUT2D eigenvalue weighted by atomic mass is 32.1. The topological polar surface area (TPSA) is 42.7 Å². The maximum Gasteiger partial charge on any atom is 0.147 e. The van der Waals surface area contributed by atoms with Gasteiger partial charge in [-0.1, -0.05) is 0 Å². The zero-order chi connectivity index (χ0) is 13.5. The number of rotatable bonds is 2. The Hall–Kier alpha value is -1.20. The molecule has 4 nitrogen and oxygen atoms in total. The third-order valence-corrected chi connectivity index (χ3v) is 5.43. The summed E-state index contributed by atoms with van der Waals surface area (Å²) >= 11 is 1.91. The average Bonchev–Trinajstić information content (AvgIpc) is 3.05. The number of nitrogens with one attached hydrogen (secondary N) is 1. The molecule has 0 saturated heterocycles. The van der Waals surface area contributed by atoms with Gasteiger partial charge in [0.2, 0.25) is 0 Å². The van der Waals surface area contributed by atoms with E-state index in [1.54, 1.807) is 4.88 Å². The zero-order valence-electron chi connectivity index (χ0n) is 11.8. The predicted molar refractivity (Wildman–Crippen MR) is 79.9 cm³/mol. The summed E-state index contributed by atoms with van der Waals surface area (Å²) in [4.78, 5) is 6.21. The van der Waals surface area contributed by atoms with Gasteiger partial charge in [0.25, 0.3) is 0 Å². The highest BCUT2D eigenvalue weighted by Crippen LogP contribution is 2.36. The summed E-state index contributed by atoms with van der Waals surface area (Å²) < 4.78 is 2.09. The second kappa shape index (κ2) is 4.97. The van der Waals surface area contributed by atoms with E-state index in [0.717, 1.165) is 18.2 Å². The van der Waals surface area contributed by atoms with Crippen LogP contribution >= 0.6 is 11.3 Å². The van der Waals surface area contributed by atoms with E-state index in [-0.39, 0.29) is 0 Å². The first-order chi connectivity index (χ1) is 9.81. The van der Waals surface area contributed by atoms with Crippen molar-refractivity contribution in [1.82, 2.24) is 20.1 Å². The molecule has 1 aliphatic heterocycles. The third kappa shape index (κ3) is 2.09. The van der Waals surface area contributed by atoms with Gasteiger partial charge in [0.05, 0.1) is 6.04 Å². The van der Waals surface area contributed by atoms with Crippen LogP contribution in [0.3, 0.4) is 0 Å². The van der Waals surface area contributed by atoms with Gasteiger partial charge in [0, 0.05) is 17.5 Å². The minimum atomic E-state index is 0.362. The number of hydrogen-bond donors (Lipinski definition) is 1. The Morgan fingerprint density at radius 2 is 2.20 bits per heavy atom. The molecule has 20 heavy (non-hydrogen) atoms. The molecule has 5 heteroatoms. The number of hydrogen-bond acceptors (Lipinski definition) is 4. The SMILES string of the molecule is Cc1nc2n(n1)CCC[C@@H]2N[C@@H]1CCCc2sccc21. The van der Waals surface area contributed by atoms with Gasteiger partial charge in [-0.15, -0.1) is 11.3 Å². The molecule has 0 bridgehead atoms. The molecule has 1 N–H and O–H groups in total. The zero-order valence-corrected chi connectivity index (χ0v) is 12.6. The Balaban J connectivity index is 1.59. The molecule has 2 aromatic heterocycles. The summed E-state index contributed by atoms with van der Waals surface area (Å²) in [6, 6.07) is 3.16. The summed E-state index contributed by atoms with van der Waals surface area (Å²) in [6.45, 7) is 3.00. The monoisotopic (exact) mass is 288 g/mol. The number of thiophene rings is 1. The molecule has 2 atom stereocenters. The second-order valence-corrected chi connectivity index (χ2v) is 6.85. The largest absolute Gasteiger partial charge is 0.300 e. The fraction of sp³-hybridized carbons (Fsp3) is 0.600. The van der Waals surface area contributed by atoms with E-state index in [1.165, 1.54) is 37.7 Å². The highest BCUT2D eigenvalue weighted by molar-refractivity contribution is 7.10. The van der Waals surface area contributed by atoms with Gasteiger partial charge in [-0.2, -0.15) is 5.10 Å². The van der Waals surface area contributed by atoms with Crippen molar-refractivity contribution in [3.8, 4) is 0 Å². The predicted octanol–water partition coefficient (Wildman–Crippen LogP) is 3.15. The van der Waals surface area contributed by atoms with Crippen LogP contribution < -0.4 is 5.32 Å². The van der Waals surface area contributed by atoms with Crippen LogP contribution in [0.2, 0.25) is 0 Å². The van der Waals surface area contributed by atoms with Gasteiger partial charge >= 0.3 is 0 Å². The first kappa shape index (κ1) is 12.5. The summed E-state index contributed by atoms with van der Waals surface area (Å²) in [5, 5.41) is 10.6. The van der Waals surface area contributed by atoms with Crippen molar-refractivity contribution in [1.29, 1.82) is 0 Å². The fourth-order valence-corrected chi connectivity index (χ4v) is 4.52. The molecular formula is C15H20N4S. The second-order valence-electron chi connectivity index (χ2n) is 5.85. The Morgan fingerprint density at radius 3 is 3.15 bits per heavy atom. The van der Waals surface area contributed by atoms with Crippen molar-refractivity contribution in [3.05, 3.63) is 33.5 Å². The molecule has 0 radical (unpaired) electrons. The molecule has 0 aromatic carbocycles. The molecule has 0 unspecified atom stereocenters. The van der Waals surface area contributed by atoms with Crippen molar-refractivity contribution < 1.29 is 0 Å². The third-order valence-electron chi connectivity index (χ3n) is 4.43.